The van der Waals surface area contributed by atoms with Crippen molar-refractivity contribution in [3.05, 3.63) is 0 Å². The van der Waals surface area contributed by atoms with Gasteiger partial charge in [0.15, 0.2) is 0 Å². The summed E-state index contributed by atoms with van der Waals surface area (Å²) in [6.45, 7) is 4.06. The first-order valence-electron chi connectivity index (χ1n) is 5.03. The highest BCUT2D eigenvalue weighted by Crippen LogP contribution is 2.05. The molecule has 0 aromatic carbocycles. The molecule has 6 nitrogen and oxygen atoms in total. The number of hydrogen-bond donors (Lipinski definition) is 2. The van der Waals surface area contributed by atoms with Gasteiger partial charge in [-0.3, -0.25) is 9.69 Å². The summed E-state index contributed by atoms with van der Waals surface area (Å²) in [6, 6.07) is -0.467. The topological polar surface area (TPSA) is 70.7 Å². The van der Waals surface area contributed by atoms with Gasteiger partial charge < -0.3 is 15.4 Å². The lowest BCUT2D eigenvalue weighted by Gasteiger charge is -2.33. The molecule has 0 aromatic heterocycles. The quantitative estimate of drug-likeness (QED) is 0.630. The van der Waals surface area contributed by atoms with Crippen LogP contribution in [0.25, 0.3) is 0 Å². The molecule has 0 spiro atoms. The van der Waals surface area contributed by atoms with E-state index in [1.807, 2.05) is 6.92 Å². The molecular formula is C9H17N3O3. The second kappa shape index (κ2) is 5.55. The number of hydrogen-bond acceptors (Lipinski definition) is 4. The summed E-state index contributed by atoms with van der Waals surface area (Å²) in [5.41, 5.74) is 0. The summed E-state index contributed by atoms with van der Waals surface area (Å²) >= 11 is 0. The molecule has 0 saturated carbocycles. The molecular weight excluding hydrogens is 198 g/mol. The molecule has 1 aliphatic heterocycles. The molecule has 0 aliphatic carbocycles. The monoisotopic (exact) mass is 215 g/mol. The standard InChI is InChI=1S/C9H17N3O3/c1-3-11-8(13)7-6-10-4-5-12(7)9(14)15-2/h7,10H,3-6H2,1-2H3,(H,11,13). The number of nitrogens with one attached hydrogen (secondary N) is 2. The van der Waals surface area contributed by atoms with E-state index in [1.165, 1.54) is 12.0 Å². The third-order valence-corrected chi connectivity index (χ3v) is 2.31. The van der Waals surface area contributed by atoms with Gasteiger partial charge in [-0.2, -0.15) is 0 Å². The molecule has 0 aromatic rings. The normalized spacial score (nSPS) is 20.9. The SMILES string of the molecule is CCNC(=O)C1CNCCN1C(=O)OC. The van der Waals surface area contributed by atoms with Crippen molar-refractivity contribution in [1.29, 1.82) is 0 Å². The predicted molar refractivity (Wildman–Crippen MR) is 54.5 cm³/mol. The molecule has 1 fully saturated rings. The number of rotatable bonds is 2. The average Bonchev–Trinajstić information content (AvgIpc) is 2.28. The van der Waals surface area contributed by atoms with Gasteiger partial charge in [0.05, 0.1) is 7.11 Å². The highest BCUT2D eigenvalue weighted by atomic mass is 16.5. The zero-order chi connectivity index (χ0) is 11.3. The van der Waals surface area contributed by atoms with Crippen molar-refractivity contribution >= 4 is 12.0 Å². The molecule has 2 N–H and O–H groups in total. The number of ether oxygens (including phenoxy) is 1. The molecule has 1 unspecified atom stereocenters. The third kappa shape index (κ3) is 2.82. The fourth-order valence-corrected chi connectivity index (χ4v) is 1.57. The first kappa shape index (κ1) is 11.8. The Hall–Kier alpha value is -1.30. The molecule has 6 heteroatoms. The van der Waals surface area contributed by atoms with Crippen LogP contribution >= 0.6 is 0 Å². The molecule has 2 amide bonds. The van der Waals surface area contributed by atoms with Crippen LogP contribution in [0.2, 0.25) is 0 Å². The number of piperazine rings is 1. The van der Waals surface area contributed by atoms with Crippen molar-refractivity contribution in [3.8, 4) is 0 Å². The van der Waals surface area contributed by atoms with Crippen molar-refractivity contribution in [1.82, 2.24) is 15.5 Å². The number of amides is 2. The Morgan fingerprint density at radius 3 is 2.93 bits per heavy atom. The molecule has 86 valence electrons. The van der Waals surface area contributed by atoms with E-state index < -0.39 is 12.1 Å². The zero-order valence-corrected chi connectivity index (χ0v) is 9.08. The summed E-state index contributed by atoms with van der Waals surface area (Å²) < 4.78 is 4.63. The summed E-state index contributed by atoms with van der Waals surface area (Å²) in [6.07, 6.45) is -0.451. The summed E-state index contributed by atoms with van der Waals surface area (Å²) in [7, 11) is 1.32. The van der Waals surface area contributed by atoms with Crippen LogP contribution in [-0.4, -0.2) is 56.2 Å². The van der Waals surface area contributed by atoms with Gasteiger partial charge in [0, 0.05) is 26.2 Å². The van der Waals surface area contributed by atoms with Crippen LogP contribution in [0, 0.1) is 0 Å². The Bertz CT molecular complexity index is 245. The summed E-state index contributed by atoms with van der Waals surface area (Å²) in [5.74, 6) is -0.143. The zero-order valence-electron chi connectivity index (χ0n) is 9.08. The maximum Gasteiger partial charge on any atom is 0.410 e. The molecule has 0 radical (unpaired) electrons. The Balaban J connectivity index is 2.65. The van der Waals surface area contributed by atoms with E-state index in [0.29, 0.717) is 26.2 Å². The van der Waals surface area contributed by atoms with E-state index in [4.69, 9.17) is 0 Å². The third-order valence-electron chi connectivity index (χ3n) is 2.31. The van der Waals surface area contributed by atoms with Gasteiger partial charge in [-0.25, -0.2) is 4.79 Å². The van der Waals surface area contributed by atoms with Crippen LogP contribution in [-0.2, 0) is 9.53 Å². The Labute approximate surface area is 88.9 Å². The number of nitrogens with zero attached hydrogens (tertiary/aromatic N) is 1. The van der Waals surface area contributed by atoms with Gasteiger partial charge >= 0.3 is 6.09 Å². The first-order valence-corrected chi connectivity index (χ1v) is 5.03. The second-order valence-electron chi connectivity index (χ2n) is 3.28. The molecule has 1 heterocycles. The average molecular weight is 215 g/mol. The molecule has 1 atom stereocenters. The van der Waals surface area contributed by atoms with Gasteiger partial charge in [0.25, 0.3) is 0 Å². The maximum atomic E-state index is 11.6. The number of carbonyl (C=O) groups excluding carboxylic acids is 2. The highest BCUT2D eigenvalue weighted by Gasteiger charge is 2.32. The van der Waals surface area contributed by atoms with Crippen LogP contribution in [0.15, 0.2) is 0 Å². The molecule has 1 saturated heterocycles. The lowest BCUT2D eigenvalue weighted by atomic mass is 10.2. The minimum absolute atomic E-state index is 0.143. The van der Waals surface area contributed by atoms with Crippen LogP contribution in [0.4, 0.5) is 4.79 Å². The van der Waals surface area contributed by atoms with Gasteiger partial charge in [-0.15, -0.1) is 0 Å². The summed E-state index contributed by atoms with van der Waals surface area (Å²) in [4.78, 5) is 24.5. The lowest BCUT2D eigenvalue weighted by Crippen LogP contribution is -2.59. The van der Waals surface area contributed by atoms with Crippen LogP contribution in [0.3, 0.4) is 0 Å². The van der Waals surface area contributed by atoms with Crippen LogP contribution in [0.5, 0.6) is 0 Å². The van der Waals surface area contributed by atoms with Gasteiger partial charge in [-0.05, 0) is 6.92 Å². The van der Waals surface area contributed by atoms with E-state index in [-0.39, 0.29) is 5.91 Å². The van der Waals surface area contributed by atoms with Crippen molar-refractivity contribution in [2.75, 3.05) is 33.3 Å². The number of methoxy groups -OCH3 is 1. The fraction of sp³-hybridized carbons (Fsp3) is 0.778. The largest absolute Gasteiger partial charge is 0.453 e. The molecule has 1 rings (SSSR count). The maximum absolute atomic E-state index is 11.6. The van der Waals surface area contributed by atoms with E-state index in [2.05, 4.69) is 15.4 Å². The minimum Gasteiger partial charge on any atom is -0.453 e. The lowest BCUT2D eigenvalue weighted by molar-refractivity contribution is -0.126. The molecule has 1 aliphatic rings. The van der Waals surface area contributed by atoms with Crippen molar-refractivity contribution in [2.45, 2.75) is 13.0 Å². The van der Waals surface area contributed by atoms with Crippen LogP contribution < -0.4 is 10.6 Å². The van der Waals surface area contributed by atoms with Gasteiger partial charge in [0.1, 0.15) is 6.04 Å². The van der Waals surface area contributed by atoms with Gasteiger partial charge in [0.2, 0.25) is 5.91 Å². The van der Waals surface area contributed by atoms with E-state index in [0.717, 1.165) is 0 Å². The highest BCUT2D eigenvalue weighted by molar-refractivity contribution is 5.86. The number of likely N-dealkylation sites (N-methyl/N-ethyl adjacent to an activating group) is 1. The number of carbonyl (C=O) groups is 2. The van der Waals surface area contributed by atoms with E-state index >= 15 is 0 Å². The van der Waals surface area contributed by atoms with Crippen molar-refractivity contribution in [3.63, 3.8) is 0 Å². The van der Waals surface area contributed by atoms with E-state index in [1.54, 1.807) is 0 Å². The molecule has 0 bridgehead atoms. The van der Waals surface area contributed by atoms with Crippen molar-refractivity contribution < 1.29 is 14.3 Å². The van der Waals surface area contributed by atoms with Gasteiger partial charge in [-0.1, -0.05) is 0 Å². The Kier molecular flexibility index (Phi) is 4.36. The Morgan fingerprint density at radius 1 is 1.60 bits per heavy atom. The predicted octanol–water partition coefficient (Wildman–Crippen LogP) is -0.837. The fourth-order valence-electron chi connectivity index (χ4n) is 1.57. The second-order valence-corrected chi connectivity index (χ2v) is 3.28. The van der Waals surface area contributed by atoms with Crippen molar-refractivity contribution in [2.24, 2.45) is 0 Å². The molecule has 15 heavy (non-hydrogen) atoms. The smallest absolute Gasteiger partial charge is 0.410 e. The summed E-state index contributed by atoms with van der Waals surface area (Å²) in [5, 5.41) is 5.77. The Morgan fingerprint density at radius 2 is 2.33 bits per heavy atom. The van der Waals surface area contributed by atoms with E-state index in [9.17, 15) is 9.59 Å². The van der Waals surface area contributed by atoms with Crippen LogP contribution in [0.1, 0.15) is 6.92 Å². The first-order chi connectivity index (χ1) is 7.20. The minimum atomic E-state index is -0.467.